The largest absolute Gasteiger partial charge is 0.466 e. The molecule has 0 unspecified atom stereocenters. The van der Waals surface area contributed by atoms with E-state index >= 15 is 0 Å². The van der Waals surface area contributed by atoms with E-state index in [9.17, 15) is 4.79 Å². The Labute approximate surface area is 117 Å². The van der Waals surface area contributed by atoms with Gasteiger partial charge in [-0.15, -0.1) is 0 Å². The average molecular weight is 280 g/mol. The lowest BCUT2D eigenvalue weighted by molar-refractivity contribution is -0.150. The minimum Gasteiger partial charge on any atom is -0.466 e. The molecule has 8 heteroatoms. The monoisotopic (exact) mass is 280 g/mol. The zero-order valence-electron chi connectivity index (χ0n) is 11.6. The number of carbonyl (C=O) groups is 1. The molecule has 110 valence electrons. The van der Waals surface area contributed by atoms with Crippen LogP contribution in [0.2, 0.25) is 0 Å². The van der Waals surface area contributed by atoms with Crippen LogP contribution in [0, 0.1) is 5.92 Å². The van der Waals surface area contributed by atoms with Gasteiger partial charge in [-0.25, -0.2) is 0 Å². The number of nitrogens with zero attached hydrogens (tertiary/aromatic N) is 4. The third kappa shape index (κ3) is 3.77. The van der Waals surface area contributed by atoms with Crippen molar-refractivity contribution in [3.8, 4) is 0 Å². The van der Waals surface area contributed by atoms with Gasteiger partial charge in [0.1, 0.15) is 5.82 Å². The summed E-state index contributed by atoms with van der Waals surface area (Å²) in [5, 5.41) is 0. The summed E-state index contributed by atoms with van der Waals surface area (Å²) >= 11 is 0. The van der Waals surface area contributed by atoms with Gasteiger partial charge in [-0.2, -0.15) is 15.0 Å². The molecule has 4 N–H and O–H groups in total. The van der Waals surface area contributed by atoms with Crippen LogP contribution in [0.15, 0.2) is 0 Å². The molecule has 1 saturated heterocycles. The van der Waals surface area contributed by atoms with Crippen molar-refractivity contribution in [2.24, 2.45) is 5.92 Å². The highest BCUT2D eigenvalue weighted by Gasteiger charge is 2.27. The number of aromatic nitrogens is 3. The molecule has 1 aliphatic rings. The number of esters is 1. The van der Waals surface area contributed by atoms with Crippen molar-refractivity contribution in [3.63, 3.8) is 0 Å². The topological polar surface area (TPSA) is 120 Å². The summed E-state index contributed by atoms with van der Waals surface area (Å²) in [4.78, 5) is 25.7. The molecule has 0 aromatic carbocycles. The van der Waals surface area contributed by atoms with E-state index in [-0.39, 0.29) is 23.8 Å². The SMILES string of the molecule is CCOC(=O)[C@H]1CCCN(Cc2nc(N)nc(N)n2)C1. The summed E-state index contributed by atoms with van der Waals surface area (Å²) in [6, 6.07) is 0. The molecule has 0 radical (unpaired) electrons. The maximum absolute atomic E-state index is 11.8. The summed E-state index contributed by atoms with van der Waals surface area (Å²) in [5.74, 6) is 0.546. The zero-order chi connectivity index (χ0) is 14.5. The van der Waals surface area contributed by atoms with Crippen molar-refractivity contribution < 1.29 is 9.53 Å². The molecule has 0 aliphatic carbocycles. The molecular formula is C12H20N6O2. The molecule has 1 aromatic heterocycles. The van der Waals surface area contributed by atoms with E-state index in [4.69, 9.17) is 16.2 Å². The maximum atomic E-state index is 11.8. The number of piperidine rings is 1. The van der Waals surface area contributed by atoms with E-state index in [1.807, 2.05) is 6.92 Å². The second-order valence-electron chi connectivity index (χ2n) is 4.79. The zero-order valence-corrected chi connectivity index (χ0v) is 11.6. The molecule has 20 heavy (non-hydrogen) atoms. The normalized spacial score (nSPS) is 19.8. The second kappa shape index (κ2) is 6.47. The molecule has 1 aliphatic heterocycles. The lowest BCUT2D eigenvalue weighted by Crippen LogP contribution is -2.39. The van der Waals surface area contributed by atoms with Crippen LogP contribution in [0.4, 0.5) is 11.9 Å². The van der Waals surface area contributed by atoms with Crippen LogP contribution in [-0.2, 0) is 16.1 Å². The molecule has 2 heterocycles. The molecule has 0 saturated carbocycles. The van der Waals surface area contributed by atoms with Gasteiger partial charge in [-0.1, -0.05) is 0 Å². The van der Waals surface area contributed by atoms with Gasteiger partial charge >= 0.3 is 5.97 Å². The summed E-state index contributed by atoms with van der Waals surface area (Å²) < 4.78 is 5.07. The number of nitrogens with two attached hydrogens (primary N) is 2. The van der Waals surface area contributed by atoms with E-state index in [1.165, 1.54) is 0 Å². The predicted molar refractivity (Wildman–Crippen MR) is 73.3 cm³/mol. The van der Waals surface area contributed by atoms with Crippen molar-refractivity contribution in [1.82, 2.24) is 19.9 Å². The molecule has 1 aromatic rings. The van der Waals surface area contributed by atoms with Crippen LogP contribution in [0.3, 0.4) is 0 Å². The van der Waals surface area contributed by atoms with Crippen molar-refractivity contribution in [2.75, 3.05) is 31.2 Å². The van der Waals surface area contributed by atoms with Crippen molar-refractivity contribution >= 4 is 17.9 Å². The van der Waals surface area contributed by atoms with E-state index in [0.29, 0.717) is 25.5 Å². The number of anilines is 2. The summed E-state index contributed by atoms with van der Waals surface area (Å²) in [6.45, 7) is 4.27. The first-order valence-corrected chi connectivity index (χ1v) is 6.73. The Bertz CT molecular complexity index is 461. The third-order valence-corrected chi connectivity index (χ3v) is 3.21. The fourth-order valence-corrected chi connectivity index (χ4v) is 2.38. The van der Waals surface area contributed by atoms with Gasteiger partial charge in [-0.05, 0) is 26.3 Å². The molecule has 1 fully saturated rings. The highest BCUT2D eigenvalue weighted by molar-refractivity contribution is 5.72. The van der Waals surface area contributed by atoms with Gasteiger partial charge in [0.25, 0.3) is 0 Å². The fourth-order valence-electron chi connectivity index (χ4n) is 2.38. The van der Waals surface area contributed by atoms with Gasteiger partial charge in [-0.3, -0.25) is 9.69 Å². The third-order valence-electron chi connectivity index (χ3n) is 3.21. The Balaban J connectivity index is 1.97. The maximum Gasteiger partial charge on any atom is 0.310 e. The molecule has 8 nitrogen and oxygen atoms in total. The van der Waals surface area contributed by atoms with Crippen LogP contribution < -0.4 is 11.5 Å². The molecule has 2 rings (SSSR count). The number of carbonyl (C=O) groups excluding carboxylic acids is 1. The smallest absolute Gasteiger partial charge is 0.310 e. The van der Waals surface area contributed by atoms with Gasteiger partial charge in [0.15, 0.2) is 0 Å². The van der Waals surface area contributed by atoms with E-state index in [2.05, 4.69) is 19.9 Å². The first-order chi connectivity index (χ1) is 9.58. The lowest BCUT2D eigenvalue weighted by Gasteiger charge is -2.30. The Kier molecular flexibility index (Phi) is 4.67. The van der Waals surface area contributed by atoms with Gasteiger partial charge in [0, 0.05) is 6.54 Å². The van der Waals surface area contributed by atoms with Crippen LogP contribution >= 0.6 is 0 Å². The standard InChI is InChI=1S/C12H20N6O2/c1-2-20-10(19)8-4-3-5-18(6-8)7-9-15-11(13)17-12(14)16-9/h8H,2-7H2,1H3,(H4,13,14,15,16,17)/t8-/m0/s1. The molecule has 0 amide bonds. The van der Waals surface area contributed by atoms with E-state index in [1.54, 1.807) is 0 Å². The fraction of sp³-hybridized carbons (Fsp3) is 0.667. The minimum atomic E-state index is -0.133. The highest BCUT2D eigenvalue weighted by Crippen LogP contribution is 2.19. The van der Waals surface area contributed by atoms with Crippen LogP contribution in [0.5, 0.6) is 0 Å². The van der Waals surface area contributed by atoms with Crippen LogP contribution in [0.25, 0.3) is 0 Å². The Morgan fingerprint density at radius 1 is 1.35 bits per heavy atom. The summed E-state index contributed by atoms with van der Waals surface area (Å²) in [6.07, 6.45) is 1.80. The number of hydrogen-bond acceptors (Lipinski definition) is 8. The van der Waals surface area contributed by atoms with E-state index in [0.717, 1.165) is 19.4 Å². The second-order valence-corrected chi connectivity index (χ2v) is 4.79. The summed E-state index contributed by atoms with van der Waals surface area (Å²) in [7, 11) is 0. The number of likely N-dealkylation sites (tertiary alicyclic amines) is 1. The van der Waals surface area contributed by atoms with Gasteiger partial charge in [0.2, 0.25) is 11.9 Å². The number of nitrogen functional groups attached to an aromatic ring is 2. The first-order valence-electron chi connectivity index (χ1n) is 6.73. The first kappa shape index (κ1) is 14.4. The quantitative estimate of drug-likeness (QED) is 0.728. The molecule has 0 bridgehead atoms. The Hall–Kier alpha value is -1.96. The van der Waals surface area contributed by atoms with Crippen LogP contribution in [0.1, 0.15) is 25.6 Å². The van der Waals surface area contributed by atoms with E-state index < -0.39 is 0 Å². The molecule has 0 spiro atoms. The average Bonchev–Trinajstić information content (AvgIpc) is 2.38. The molecular weight excluding hydrogens is 260 g/mol. The van der Waals surface area contributed by atoms with Gasteiger partial charge < -0.3 is 16.2 Å². The van der Waals surface area contributed by atoms with Crippen molar-refractivity contribution in [3.05, 3.63) is 5.82 Å². The Morgan fingerprint density at radius 2 is 2.05 bits per heavy atom. The highest BCUT2D eigenvalue weighted by atomic mass is 16.5. The number of rotatable bonds is 4. The Morgan fingerprint density at radius 3 is 2.70 bits per heavy atom. The summed E-state index contributed by atoms with van der Waals surface area (Å²) in [5.41, 5.74) is 11.1. The van der Waals surface area contributed by atoms with Gasteiger partial charge in [0.05, 0.1) is 19.1 Å². The van der Waals surface area contributed by atoms with Crippen LogP contribution in [-0.4, -0.2) is 45.5 Å². The number of hydrogen-bond donors (Lipinski definition) is 2. The minimum absolute atomic E-state index is 0.0831. The van der Waals surface area contributed by atoms with Crippen molar-refractivity contribution in [2.45, 2.75) is 26.3 Å². The predicted octanol–water partition coefficient (Wildman–Crippen LogP) is -0.189. The number of ether oxygens (including phenoxy) is 1. The van der Waals surface area contributed by atoms with Crippen molar-refractivity contribution in [1.29, 1.82) is 0 Å². The molecule has 1 atom stereocenters. The lowest BCUT2D eigenvalue weighted by atomic mass is 9.98.